The van der Waals surface area contributed by atoms with Gasteiger partial charge in [0.15, 0.2) is 5.13 Å². The molecule has 7 nitrogen and oxygen atoms in total. The van der Waals surface area contributed by atoms with E-state index in [-0.39, 0.29) is 17.1 Å². The molecule has 0 radical (unpaired) electrons. The molecule has 29 heavy (non-hydrogen) atoms. The van der Waals surface area contributed by atoms with E-state index in [1.54, 1.807) is 30.5 Å². The van der Waals surface area contributed by atoms with Gasteiger partial charge < -0.3 is 0 Å². The van der Waals surface area contributed by atoms with Gasteiger partial charge in [0.25, 0.3) is 11.6 Å². The van der Waals surface area contributed by atoms with Crippen LogP contribution in [0.2, 0.25) is 0 Å². The summed E-state index contributed by atoms with van der Waals surface area (Å²) in [6.45, 7) is 0. The lowest BCUT2D eigenvalue weighted by molar-refractivity contribution is -0.384. The van der Waals surface area contributed by atoms with Crippen molar-refractivity contribution in [2.24, 2.45) is 0 Å². The van der Waals surface area contributed by atoms with Crippen molar-refractivity contribution in [3.8, 4) is 6.07 Å². The predicted octanol–water partition coefficient (Wildman–Crippen LogP) is 4.33. The van der Waals surface area contributed by atoms with Gasteiger partial charge in [-0.1, -0.05) is 24.3 Å². The third-order valence-corrected chi connectivity index (χ3v) is 4.74. The molecule has 2 aromatic carbocycles. The van der Waals surface area contributed by atoms with Crippen LogP contribution in [0, 0.1) is 27.3 Å². The van der Waals surface area contributed by atoms with Gasteiger partial charge in [0.05, 0.1) is 4.92 Å². The predicted molar refractivity (Wildman–Crippen MR) is 107 cm³/mol. The lowest BCUT2D eigenvalue weighted by Crippen LogP contribution is -2.13. The lowest BCUT2D eigenvalue weighted by atomic mass is 10.1. The first-order chi connectivity index (χ1) is 13.9. The third-order valence-electron chi connectivity index (χ3n) is 3.82. The summed E-state index contributed by atoms with van der Waals surface area (Å²) in [6.07, 6.45) is 3.40. The molecule has 0 aliphatic heterocycles. The van der Waals surface area contributed by atoms with E-state index in [9.17, 15) is 24.6 Å². The van der Waals surface area contributed by atoms with Crippen LogP contribution in [0.4, 0.5) is 15.2 Å². The molecule has 9 heteroatoms. The summed E-state index contributed by atoms with van der Waals surface area (Å²) in [6, 6.07) is 13.5. The fraction of sp³-hybridized carbons (Fsp3) is 0.0500. The molecule has 0 spiro atoms. The molecular weight excluding hydrogens is 395 g/mol. The number of nitrogens with zero attached hydrogens (tertiary/aromatic N) is 3. The smallest absolute Gasteiger partial charge is 0.270 e. The Morgan fingerprint density at radius 3 is 2.76 bits per heavy atom. The molecule has 0 saturated heterocycles. The van der Waals surface area contributed by atoms with Gasteiger partial charge in [-0.2, -0.15) is 5.26 Å². The molecule has 1 aromatic heterocycles. The summed E-state index contributed by atoms with van der Waals surface area (Å²) in [5.74, 6) is -0.979. The normalized spacial score (nSPS) is 11.0. The first kappa shape index (κ1) is 19.9. The number of nitrogens with one attached hydrogen (secondary N) is 1. The molecule has 144 valence electrons. The van der Waals surface area contributed by atoms with E-state index in [1.165, 1.54) is 47.7 Å². The van der Waals surface area contributed by atoms with Crippen molar-refractivity contribution in [1.82, 2.24) is 4.98 Å². The highest BCUT2D eigenvalue weighted by molar-refractivity contribution is 7.15. The van der Waals surface area contributed by atoms with Crippen molar-refractivity contribution < 1.29 is 14.1 Å². The van der Waals surface area contributed by atoms with Crippen LogP contribution >= 0.6 is 11.3 Å². The summed E-state index contributed by atoms with van der Waals surface area (Å²) < 4.78 is 13.0. The standard InChI is InChI=1S/C20H13FN4O3S/c21-16-6-4-13(5-7-16)10-18-12-23-20(29-18)24-19(26)15(11-22)8-14-2-1-3-17(9-14)25(27)28/h1-9,12H,10H2,(H,23,24,26)/b15-8+. The number of nitro benzene ring substituents is 1. The highest BCUT2D eigenvalue weighted by atomic mass is 32.1. The SMILES string of the molecule is N#C/C(=C\c1cccc([N+](=O)[O-])c1)C(=O)Nc1ncc(Cc2ccc(F)cc2)s1. The van der Waals surface area contributed by atoms with E-state index in [2.05, 4.69) is 10.3 Å². The number of benzene rings is 2. The summed E-state index contributed by atoms with van der Waals surface area (Å²) in [5.41, 5.74) is 0.917. The van der Waals surface area contributed by atoms with E-state index in [0.717, 1.165) is 10.4 Å². The zero-order chi connectivity index (χ0) is 20.8. The average molecular weight is 408 g/mol. The molecule has 1 N–H and O–H groups in total. The number of amides is 1. The van der Waals surface area contributed by atoms with Gasteiger partial charge >= 0.3 is 0 Å². The van der Waals surface area contributed by atoms with Crippen molar-refractivity contribution >= 4 is 34.1 Å². The van der Waals surface area contributed by atoms with Crippen molar-refractivity contribution in [2.75, 3.05) is 5.32 Å². The number of aromatic nitrogens is 1. The molecule has 0 unspecified atom stereocenters. The average Bonchev–Trinajstić information content (AvgIpc) is 3.14. The van der Waals surface area contributed by atoms with E-state index < -0.39 is 10.8 Å². The minimum absolute atomic E-state index is 0.137. The van der Waals surface area contributed by atoms with Gasteiger partial charge in [-0.25, -0.2) is 9.37 Å². The van der Waals surface area contributed by atoms with Crippen LogP contribution in [-0.2, 0) is 11.2 Å². The minimum atomic E-state index is -0.665. The molecule has 3 aromatic rings. The molecule has 0 bridgehead atoms. The van der Waals surface area contributed by atoms with E-state index in [4.69, 9.17) is 0 Å². The highest BCUT2D eigenvalue weighted by Crippen LogP contribution is 2.22. The fourth-order valence-corrected chi connectivity index (χ4v) is 3.30. The highest BCUT2D eigenvalue weighted by Gasteiger charge is 2.13. The van der Waals surface area contributed by atoms with Gasteiger partial charge in [-0.05, 0) is 29.3 Å². The number of nitriles is 1. The van der Waals surface area contributed by atoms with E-state index >= 15 is 0 Å². The summed E-state index contributed by atoms with van der Waals surface area (Å²) in [7, 11) is 0. The van der Waals surface area contributed by atoms with Gasteiger partial charge in [-0.3, -0.25) is 20.2 Å². The number of hydrogen-bond acceptors (Lipinski definition) is 6. The summed E-state index contributed by atoms with van der Waals surface area (Å²) in [4.78, 5) is 27.6. The van der Waals surface area contributed by atoms with Crippen molar-refractivity contribution in [3.05, 3.63) is 92.2 Å². The molecule has 0 aliphatic rings. The molecule has 3 rings (SSSR count). The molecule has 0 atom stereocenters. The molecule has 0 fully saturated rings. The van der Waals surface area contributed by atoms with Gasteiger partial charge in [0.2, 0.25) is 0 Å². The second kappa shape index (κ2) is 8.86. The Hall–Kier alpha value is -3.90. The molecule has 1 heterocycles. The number of carbonyl (C=O) groups is 1. The van der Waals surface area contributed by atoms with Crippen molar-refractivity contribution in [3.63, 3.8) is 0 Å². The maximum Gasteiger partial charge on any atom is 0.270 e. The van der Waals surface area contributed by atoms with Crippen LogP contribution in [0.1, 0.15) is 16.0 Å². The maximum absolute atomic E-state index is 13.0. The van der Waals surface area contributed by atoms with Crippen molar-refractivity contribution in [2.45, 2.75) is 6.42 Å². The van der Waals surface area contributed by atoms with Crippen LogP contribution in [0.5, 0.6) is 0 Å². The van der Waals surface area contributed by atoms with E-state index in [1.807, 2.05) is 0 Å². The number of halogens is 1. The lowest BCUT2D eigenvalue weighted by Gasteiger charge is -2.01. The van der Waals surface area contributed by atoms with Crippen molar-refractivity contribution in [1.29, 1.82) is 5.26 Å². The monoisotopic (exact) mass is 408 g/mol. The van der Waals surface area contributed by atoms with Crippen LogP contribution in [0.25, 0.3) is 6.08 Å². The topological polar surface area (TPSA) is 109 Å². The number of rotatable bonds is 6. The molecule has 0 saturated carbocycles. The van der Waals surface area contributed by atoms with Gasteiger partial charge in [0.1, 0.15) is 17.5 Å². The first-order valence-electron chi connectivity index (χ1n) is 8.31. The number of nitro groups is 1. The number of non-ortho nitro benzene ring substituents is 1. The number of thiazole rings is 1. The van der Waals surface area contributed by atoms with E-state index in [0.29, 0.717) is 17.1 Å². The summed E-state index contributed by atoms with van der Waals surface area (Å²) >= 11 is 1.24. The number of hydrogen-bond donors (Lipinski definition) is 1. The zero-order valence-electron chi connectivity index (χ0n) is 14.8. The van der Waals surface area contributed by atoms with Crippen LogP contribution in [0.15, 0.2) is 60.3 Å². The summed E-state index contributed by atoms with van der Waals surface area (Å²) in [5, 5.41) is 23.0. The Bertz CT molecular complexity index is 1130. The molecule has 1 amide bonds. The third kappa shape index (κ3) is 5.31. The second-order valence-electron chi connectivity index (χ2n) is 5.91. The van der Waals surface area contributed by atoms with Crippen LogP contribution in [-0.4, -0.2) is 15.8 Å². The Morgan fingerprint density at radius 2 is 2.07 bits per heavy atom. The molecular formula is C20H13FN4O3S. The Labute approximate surface area is 168 Å². The zero-order valence-corrected chi connectivity index (χ0v) is 15.6. The maximum atomic E-state index is 13.0. The minimum Gasteiger partial charge on any atom is -0.297 e. The quantitative estimate of drug-likeness (QED) is 0.283. The number of anilines is 1. The van der Waals surface area contributed by atoms with Crippen LogP contribution < -0.4 is 5.32 Å². The van der Waals surface area contributed by atoms with Gasteiger partial charge in [0, 0.05) is 29.6 Å². The van der Waals surface area contributed by atoms with Crippen LogP contribution in [0.3, 0.4) is 0 Å². The Balaban J connectivity index is 1.71. The fourth-order valence-electron chi connectivity index (χ4n) is 2.46. The second-order valence-corrected chi connectivity index (χ2v) is 7.03. The number of carbonyl (C=O) groups excluding carboxylic acids is 1. The Kier molecular flexibility index (Phi) is 6.06. The molecule has 0 aliphatic carbocycles. The first-order valence-corrected chi connectivity index (χ1v) is 9.13. The Morgan fingerprint density at radius 1 is 1.31 bits per heavy atom. The largest absolute Gasteiger partial charge is 0.297 e. The van der Waals surface area contributed by atoms with Gasteiger partial charge in [-0.15, -0.1) is 11.3 Å².